The summed E-state index contributed by atoms with van der Waals surface area (Å²) in [5, 5.41) is 8.09. The number of aromatic nitrogens is 9. The highest BCUT2D eigenvalue weighted by Gasteiger charge is 2.36. The molecule has 0 aliphatic carbocycles. The van der Waals surface area contributed by atoms with Crippen LogP contribution < -0.4 is 0 Å². The zero-order valence-electron chi connectivity index (χ0n) is 28.7. The van der Waals surface area contributed by atoms with Gasteiger partial charge in [-0.15, -0.1) is 10.2 Å². The molecule has 267 valence electrons. The average Bonchev–Trinajstić information content (AvgIpc) is 3.79. The summed E-state index contributed by atoms with van der Waals surface area (Å²) in [5.41, 5.74) is -0.622. The smallest absolute Gasteiger partial charge is 0.251 e. The fourth-order valence-electron chi connectivity index (χ4n) is 5.84. The number of aromatic amines is 1. The molecule has 0 saturated heterocycles. The standard InChI is InChI=1S/C40H27N10O5/c51-23-27-9-8-25(20-50(21-28-6-1-3-12-43-28)22-29-7-2-4-13-44-29)18-30(27)37(53)32-33(38(54)31-11-17-42-24-47-31)34(36(52)26-10-16-41-19-26)48-49-35(32)39(55)40-45-14-5-15-46-40/h1-19,24,41H,20-22H2. The van der Waals surface area contributed by atoms with Crippen LogP contribution >= 0.6 is 0 Å². The van der Waals surface area contributed by atoms with Gasteiger partial charge in [0.15, 0.2) is 5.78 Å². The Balaban J connectivity index is 1.40. The number of carbonyl (C=O) groups is 4. The van der Waals surface area contributed by atoms with Crippen molar-refractivity contribution in [1.82, 2.24) is 50.0 Å². The molecule has 15 heteroatoms. The van der Waals surface area contributed by atoms with Gasteiger partial charge in [0, 0.05) is 79.7 Å². The lowest BCUT2D eigenvalue weighted by atomic mass is 9.87. The molecule has 0 bridgehead atoms. The lowest BCUT2D eigenvalue weighted by Crippen LogP contribution is -2.26. The van der Waals surface area contributed by atoms with Crippen LogP contribution in [0.1, 0.15) is 86.9 Å². The van der Waals surface area contributed by atoms with Crippen molar-refractivity contribution in [3.05, 3.63) is 190 Å². The van der Waals surface area contributed by atoms with Crippen molar-refractivity contribution < 1.29 is 24.0 Å². The van der Waals surface area contributed by atoms with E-state index in [1.54, 1.807) is 24.7 Å². The molecule has 55 heavy (non-hydrogen) atoms. The van der Waals surface area contributed by atoms with Gasteiger partial charge < -0.3 is 4.98 Å². The molecule has 15 nitrogen and oxygen atoms in total. The van der Waals surface area contributed by atoms with Gasteiger partial charge in [0.05, 0.1) is 22.5 Å². The van der Waals surface area contributed by atoms with Crippen LogP contribution in [0.4, 0.5) is 0 Å². The second kappa shape index (κ2) is 16.4. The maximum atomic E-state index is 15.0. The van der Waals surface area contributed by atoms with Crippen molar-refractivity contribution in [2.45, 2.75) is 19.6 Å². The van der Waals surface area contributed by atoms with Crippen LogP contribution in [0.3, 0.4) is 0 Å². The predicted molar refractivity (Wildman–Crippen MR) is 193 cm³/mol. The maximum absolute atomic E-state index is 15.0. The molecule has 0 atom stereocenters. The summed E-state index contributed by atoms with van der Waals surface area (Å²) in [6.07, 6.45) is 13.1. The lowest BCUT2D eigenvalue weighted by Gasteiger charge is -2.22. The SMILES string of the molecule is O=[C]c1ccc(CN(Cc2ccccn2)Cc2ccccn2)cc1C(=O)c1c(C(=O)c2ncccn2)nnc(C(=O)c2cc[nH]c2)c1C(=O)c1ccncn1. The van der Waals surface area contributed by atoms with Gasteiger partial charge in [0.1, 0.15) is 23.4 Å². The molecule has 0 unspecified atom stereocenters. The number of benzene rings is 1. The largest absolute Gasteiger partial charge is 0.367 e. The number of ketones is 4. The Morgan fingerprint density at radius 1 is 0.636 bits per heavy atom. The van der Waals surface area contributed by atoms with Crippen molar-refractivity contribution in [3.8, 4) is 0 Å². The number of carbonyl (C=O) groups excluding carboxylic acids is 5. The molecule has 7 rings (SSSR count). The maximum Gasteiger partial charge on any atom is 0.251 e. The number of hydrogen-bond donors (Lipinski definition) is 1. The predicted octanol–water partition coefficient (Wildman–Crippen LogP) is 3.76. The quantitative estimate of drug-likeness (QED) is 0.149. The first-order chi connectivity index (χ1) is 26.9. The molecule has 7 aromatic rings. The third kappa shape index (κ3) is 7.91. The van der Waals surface area contributed by atoms with Crippen LogP contribution in [0.15, 0.2) is 123 Å². The topological polar surface area (TPSA) is 208 Å². The molecule has 0 amide bonds. The molecular formula is C40H27N10O5. The third-order valence-electron chi connectivity index (χ3n) is 8.37. The summed E-state index contributed by atoms with van der Waals surface area (Å²) in [5.74, 6) is -3.99. The number of hydrogen-bond acceptors (Lipinski definition) is 14. The minimum absolute atomic E-state index is 0.0970. The van der Waals surface area contributed by atoms with Gasteiger partial charge >= 0.3 is 0 Å². The number of nitrogens with one attached hydrogen (secondary N) is 1. The van der Waals surface area contributed by atoms with E-state index in [2.05, 4.69) is 45.1 Å². The molecular weight excluding hydrogens is 701 g/mol. The zero-order valence-corrected chi connectivity index (χ0v) is 28.7. The Bertz CT molecular complexity index is 2460. The Hall–Kier alpha value is -7.65. The van der Waals surface area contributed by atoms with Crippen LogP contribution in [0, 0.1) is 0 Å². The van der Waals surface area contributed by atoms with E-state index in [-0.39, 0.29) is 34.8 Å². The van der Waals surface area contributed by atoms with Gasteiger partial charge in [-0.25, -0.2) is 19.9 Å². The Labute approximate surface area is 312 Å². The van der Waals surface area contributed by atoms with Crippen LogP contribution in [0.25, 0.3) is 0 Å². The fraction of sp³-hybridized carbons (Fsp3) is 0.0750. The molecule has 6 aromatic heterocycles. The van der Waals surface area contributed by atoms with E-state index in [1.807, 2.05) is 41.3 Å². The van der Waals surface area contributed by atoms with E-state index in [4.69, 9.17) is 0 Å². The van der Waals surface area contributed by atoms with Crippen molar-refractivity contribution in [1.29, 1.82) is 0 Å². The number of nitrogens with zero attached hydrogens (tertiary/aromatic N) is 9. The van der Waals surface area contributed by atoms with Crippen molar-refractivity contribution >= 4 is 29.4 Å². The fourth-order valence-corrected chi connectivity index (χ4v) is 5.84. The minimum atomic E-state index is -0.976. The summed E-state index contributed by atoms with van der Waals surface area (Å²) in [7, 11) is 0. The number of pyridine rings is 2. The Morgan fingerprint density at radius 3 is 1.91 bits per heavy atom. The Kier molecular flexibility index (Phi) is 10.6. The van der Waals surface area contributed by atoms with Crippen LogP contribution in [-0.4, -0.2) is 79.4 Å². The van der Waals surface area contributed by atoms with E-state index >= 15 is 4.79 Å². The van der Waals surface area contributed by atoms with Crippen molar-refractivity contribution in [2.75, 3.05) is 0 Å². The average molecular weight is 728 g/mol. The van der Waals surface area contributed by atoms with Crippen LogP contribution in [0.5, 0.6) is 0 Å². The lowest BCUT2D eigenvalue weighted by molar-refractivity contribution is 0.0971. The van der Waals surface area contributed by atoms with Gasteiger partial charge in [0.25, 0.3) is 5.78 Å². The van der Waals surface area contributed by atoms with E-state index in [0.29, 0.717) is 18.7 Å². The highest BCUT2D eigenvalue weighted by atomic mass is 16.1. The molecule has 0 fully saturated rings. The normalized spacial score (nSPS) is 10.9. The summed E-state index contributed by atoms with van der Waals surface area (Å²) >= 11 is 0. The molecule has 1 N–H and O–H groups in total. The van der Waals surface area contributed by atoms with E-state index in [9.17, 15) is 19.2 Å². The Morgan fingerprint density at radius 2 is 1.31 bits per heavy atom. The second-order valence-electron chi connectivity index (χ2n) is 12.0. The van der Waals surface area contributed by atoms with Gasteiger partial charge in [-0.1, -0.05) is 18.2 Å². The second-order valence-corrected chi connectivity index (χ2v) is 12.0. The highest BCUT2D eigenvalue weighted by molar-refractivity contribution is 6.28. The third-order valence-corrected chi connectivity index (χ3v) is 8.37. The molecule has 0 aliphatic heterocycles. The molecule has 6 heterocycles. The summed E-state index contributed by atoms with van der Waals surface area (Å²) in [6.45, 7) is 1.08. The van der Waals surface area contributed by atoms with Crippen LogP contribution in [0.2, 0.25) is 0 Å². The van der Waals surface area contributed by atoms with Crippen molar-refractivity contribution in [2.24, 2.45) is 0 Å². The van der Waals surface area contributed by atoms with Gasteiger partial charge in [-0.3, -0.25) is 38.8 Å². The minimum Gasteiger partial charge on any atom is -0.367 e. The van der Waals surface area contributed by atoms with Crippen LogP contribution in [-0.2, 0) is 24.4 Å². The molecule has 1 radical (unpaired) electrons. The first-order valence-electron chi connectivity index (χ1n) is 16.7. The van der Waals surface area contributed by atoms with Gasteiger partial charge in [0.2, 0.25) is 23.7 Å². The van der Waals surface area contributed by atoms with Gasteiger partial charge in [-0.05, 0) is 60.2 Å². The van der Waals surface area contributed by atoms with Gasteiger partial charge in [-0.2, -0.15) is 0 Å². The van der Waals surface area contributed by atoms with Crippen molar-refractivity contribution in [3.63, 3.8) is 0 Å². The molecule has 0 saturated carbocycles. The summed E-state index contributed by atoms with van der Waals surface area (Å²) in [4.78, 5) is 99.5. The zero-order chi connectivity index (χ0) is 38.1. The molecule has 0 spiro atoms. The molecule has 0 aliphatic rings. The first-order valence-corrected chi connectivity index (χ1v) is 16.7. The number of rotatable bonds is 15. The van der Waals surface area contributed by atoms with E-state index < -0.39 is 45.6 Å². The molecule has 1 aromatic carbocycles. The summed E-state index contributed by atoms with van der Waals surface area (Å²) < 4.78 is 0. The first kappa shape index (κ1) is 35.7. The van der Waals surface area contributed by atoms with E-state index in [1.165, 1.54) is 61.3 Å². The monoisotopic (exact) mass is 727 g/mol. The highest BCUT2D eigenvalue weighted by Crippen LogP contribution is 2.28. The van der Waals surface area contributed by atoms with E-state index in [0.717, 1.165) is 17.7 Å². The number of H-pyrrole nitrogens is 1. The summed E-state index contributed by atoms with van der Waals surface area (Å²) in [6, 6.07) is 20.0.